The van der Waals surface area contributed by atoms with Crippen LogP contribution in [0.1, 0.15) is 117 Å². The van der Waals surface area contributed by atoms with Crippen molar-refractivity contribution >= 4 is 34.6 Å². The van der Waals surface area contributed by atoms with E-state index in [1.54, 1.807) is 71.9 Å². The fourth-order valence-corrected chi connectivity index (χ4v) is 9.44. The minimum atomic E-state index is -4.39. The molecular weight excluding hydrogens is 995 g/mol. The monoisotopic (exact) mass is 1050 g/mol. The molecule has 0 spiro atoms. The van der Waals surface area contributed by atoms with Crippen molar-refractivity contribution in [2.75, 3.05) is 13.2 Å². The first-order valence-corrected chi connectivity index (χ1v) is 25.0. The summed E-state index contributed by atoms with van der Waals surface area (Å²) in [4.78, 5) is 35.3. The van der Waals surface area contributed by atoms with Crippen molar-refractivity contribution in [3.05, 3.63) is 141 Å². The first-order chi connectivity index (χ1) is 34.2. The lowest BCUT2D eigenvalue weighted by molar-refractivity contribution is -0.159. The van der Waals surface area contributed by atoms with Crippen LogP contribution >= 0.6 is 22.7 Å². The van der Waals surface area contributed by atoms with E-state index in [1.165, 1.54) is 46.9 Å². The van der Waals surface area contributed by atoms with Crippen LogP contribution in [-0.2, 0) is 31.4 Å². The van der Waals surface area contributed by atoms with Crippen molar-refractivity contribution in [1.29, 1.82) is 0 Å². The second kappa shape index (κ2) is 24.1. The standard InChI is InChI=1S/C28H30F3NO4S.C27H30F3NO4S/c1-7-9-23(24-18(4)32-25(37-24)19-10-12-20(13-11-19)28(29,30)31)35-21-14-15-22(17(3)16-21)36-27(5,6)26(33)34-8-2;1-7-21(23-17(4)31-24(36-23)18-9-11-19(12-10-18)27(28,29)30)34-20-13-14-22(16(3)15-20)35-26(5,6)25(32)33-8-2/h7,10-16,23H,1,8-9H2,2-6H3;9-15,21H,7-8H2,1-6H3. The minimum absolute atomic E-state index is 0.264. The van der Waals surface area contributed by atoms with E-state index in [0.717, 1.165) is 56.5 Å². The van der Waals surface area contributed by atoms with E-state index in [2.05, 4.69) is 16.5 Å². The van der Waals surface area contributed by atoms with Gasteiger partial charge in [0.05, 0.1) is 45.5 Å². The Balaban J connectivity index is 0.000000271. The topological polar surface area (TPSA) is 115 Å². The number of thiazole rings is 2. The van der Waals surface area contributed by atoms with E-state index in [4.69, 9.17) is 28.4 Å². The number of aryl methyl sites for hydroxylation is 4. The Morgan fingerprint density at radius 3 is 1.29 bits per heavy atom. The van der Waals surface area contributed by atoms with Gasteiger partial charge in [-0.25, -0.2) is 19.6 Å². The first kappa shape index (κ1) is 57.5. The third-order valence-corrected chi connectivity index (χ3v) is 13.6. The zero-order chi connectivity index (χ0) is 54.1. The fraction of sp³-hybridized carbons (Fsp3) is 0.382. The number of nitrogens with zero attached hydrogens (tertiary/aromatic N) is 2. The van der Waals surface area contributed by atoms with Gasteiger partial charge in [-0.2, -0.15) is 26.3 Å². The molecule has 4 aromatic carbocycles. The lowest BCUT2D eigenvalue weighted by atomic mass is 10.1. The van der Waals surface area contributed by atoms with Gasteiger partial charge in [-0.3, -0.25) is 0 Å². The van der Waals surface area contributed by atoms with Crippen molar-refractivity contribution in [1.82, 2.24) is 9.97 Å². The fourth-order valence-electron chi connectivity index (χ4n) is 7.14. The van der Waals surface area contributed by atoms with Gasteiger partial charge in [0.15, 0.2) is 11.2 Å². The van der Waals surface area contributed by atoms with E-state index in [-0.39, 0.29) is 25.4 Å². The number of hydrogen-bond acceptors (Lipinski definition) is 12. The van der Waals surface area contributed by atoms with Crippen molar-refractivity contribution in [3.8, 4) is 44.1 Å². The third kappa shape index (κ3) is 15.1. The summed E-state index contributed by atoms with van der Waals surface area (Å²) in [7, 11) is 0. The number of carbonyl (C=O) groups is 2. The van der Waals surface area contributed by atoms with E-state index >= 15 is 0 Å². The second-order valence-corrected chi connectivity index (χ2v) is 19.8. The Hall–Kier alpha value is -6.40. The summed E-state index contributed by atoms with van der Waals surface area (Å²) >= 11 is 2.78. The number of halogens is 6. The number of esters is 2. The average Bonchev–Trinajstić information content (AvgIpc) is 3.91. The average molecular weight is 1060 g/mol. The molecule has 6 aromatic rings. The Labute approximate surface area is 430 Å². The maximum absolute atomic E-state index is 12.9. The van der Waals surface area contributed by atoms with Crippen molar-refractivity contribution in [2.45, 2.75) is 125 Å². The summed E-state index contributed by atoms with van der Waals surface area (Å²) in [6.45, 7) is 23.9. The Morgan fingerprint density at radius 2 is 0.959 bits per heavy atom. The van der Waals surface area contributed by atoms with Crippen molar-refractivity contribution < 1.29 is 64.4 Å². The lowest BCUT2D eigenvalue weighted by Crippen LogP contribution is -2.39. The smallest absolute Gasteiger partial charge is 0.416 e. The molecule has 0 saturated carbocycles. The maximum Gasteiger partial charge on any atom is 0.416 e. The van der Waals surface area contributed by atoms with Crippen LogP contribution in [0.2, 0.25) is 0 Å². The molecule has 73 heavy (non-hydrogen) atoms. The summed E-state index contributed by atoms with van der Waals surface area (Å²) in [5, 5.41) is 1.25. The molecule has 10 nitrogen and oxygen atoms in total. The molecule has 0 saturated heterocycles. The molecule has 0 fully saturated rings. The quantitative estimate of drug-likeness (QED) is 0.0441. The van der Waals surface area contributed by atoms with Crippen LogP contribution in [0.15, 0.2) is 97.6 Å². The van der Waals surface area contributed by atoms with E-state index in [0.29, 0.717) is 57.0 Å². The Morgan fingerprint density at radius 1 is 0.589 bits per heavy atom. The van der Waals surface area contributed by atoms with Crippen LogP contribution in [0.25, 0.3) is 21.1 Å². The number of benzene rings is 4. The molecule has 0 aliphatic heterocycles. The van der Waals surface area contributed by atoms with Crippen molar-refractivity contribution in [2.24, 2.45) is 0 Å². The van der Waals surface area contributed by atoms with E-state index in [1.807, 2.05) is 46.8 Å². The number of ether oxygens (including phenoxy) is 6. The predicted molar refractivity (Wildman–Crippen MR) is 271 cm³/mol. The van der Waals surface area contributed by atoms with Crippen molar-refractivity contribution in [3.63, 3.8) is 0 Å². The first-order valence-electron chi connectivity index (χ1n) is 23.4. The highest BCUT2D eigenvalue weighted by molar-refractivity contribution is 7.15. The molecular formula is C55H60F6N2O8S2. The molecule has 2 unspecified atom stereocenters. The zero-order valence-electron chi connectivity index (χ0n) is 42.6. The zero-order valence-corrected chi connectivity index (χ0v) is 44.2. The second-order valence-electron chi connectivity index (χ2n) is 17.8. The molecule has 0 bridgehead atoms. The van der Waals surface area contributed by atoms with Gasteiger partial charge in [0.1, 0.15) is 45.2 Å². The summed E-state index contributed by atoms with van der Waals surface area (Å²) in [6.07, 6.45) is -6.53. The van der Waals surface area contributed by atoms with Crippen LogP contribution in [0.4, 0.5) is 26.3 Å². The molecule has 0 N–H and O–H groups in total. The van der Waals surface area contributed by atoms with Gasteiger partial charge in [-0.1, -0.05) is 37.3 Å². The molecule has 0 aliphatic rings. The van der Waals surface area contributed by atoms with Gasteiger partial charge >= 0.3 is 24.3 Å². The van der Waals surface area contributed by atoms with Gasteiger partial charge in [-0.05, 0) is 147 Å². The summed E-state index contributed by atoms with van der Waals surface area (Å²) < 4.78 is 112. The lowest BCUT2D eigenvalue weighted by Gasteiger charge is -2.25. The predicted octanol–water partition coefficient (Wildman–Crippen LogP) is 15.6. The molecule has 2 atom stereocenters. The number of hydrogen-bond donors (Lipinski definition) is 0. The van der Waals surface area contributed by atoms with E-state index < -0.39 is 46.6 Å². The number of aromatic nitrogens is 2. The Bertz CT molecular complexity index is 2840. The molecule has 2 heterocycles. The SMILES string of the molecule is C=CCC(Oc1ccc(OC(C)(C)C(=O)OCC)c(C)c1)c1sc(-c2ccc(C(F)(F)F)cc2)nc1C.CCOC(=O)C(C)(C)Oc1ccc(OC(CC)c2sc(-c3ccc(C(F)(F)F)cc3)nc2C)cc1C. The molecule has 2 aromatic heterocycles. The number of alkyl halides is 6. The highest BCUT2D eigenvalue weighted by Crippen LogP contribution is 2.40. The normalized spacial score (nSPS) is 12.7. The largest absolute Gasteiger partial charge is 0.485 e. The van der Waals surface area contributed by atoms with Crippen LogP contribution < -0.4 is 18.9 Å². The highest BCUT2D eigenvalue weighted by atomic mass is 32.1. The number of rotatable bonds is 19. The van der Waals surface area contributed by atoms with Gasteiger partial charge in [0.25, 0.3) is 0 Å². The maximum atomic E-state index is 12.9. The van der Waals surface area contributed by atoms with Crippen LogP contribution in [0, 0.1) is 27.7 Å². The van der Waals surface area contributed by atoms with Crippen LogP contribution in [0.5, 0.6) is 23.0 Å². The highest BCUT2D eigenvalue weighted by Gasteiger charge is 2.35. The summed E-state index contributed by atoms with van der Waals surface area (Å²) in [5.74, 6) is 1.40. The molecule has 18 heteroatoms. The molecule has 392 valence electrons. The minimum Gasteiger partial charge on any atom is -0.485 e. The molecule has 6 rings (SSSR count). The van der Waals surface area contributed by atoms with Gasteiger partial charge in [0.2, 0.25) is 0 Å². The van der Waals surface area contributed by atoms with Crippen LogP contribution in [0.3, 0.4) is 0 Å². The Kier molecular flexibility index (Phi) is 19.0. The molecule has 0 radical (unpaired) electrons. The van der Waals surface area contributed by atoms with E-state index in [9.17, 15) is 35.9 Å². The summed E-state index contributed by atoms with van der Waals surface area (Å²) in [5.41, 5.74) is 0.630. The molecule has 0 aliphatic carbocycles. The third-order valence-electron chi connectivity index (χ3n) is 11.0. The van der Waals surface area contributed by atoms with Gasteiger partial charge in [-0.15, -0.1) is 29.3 Å². The van der Waals surface area contributed by atoms with Crippen LogP contribution in [-0.4, -0.2) is 46.3 Å². The molecule has 0 amide bonds. The van der Waals surface area contributed by atoms with Gasteiger partial charge in [0, 0.05) is 17.5 Å². The van der Waals surface area contributed by atoms with Gasteiger partial charge < -0.3 is 28.4 Å². The number of carbonyl (C=O) groups excluding carboxylic acids is 2. The summed E-state index contributed by atoms with van der Waals surface area (Å²) in [6, 6.07) is 20.7.